The van der Waals surface area contributed by atoms with Gasteiger partial charge in [0.25, 0.3) is 10.1 Å². The number of hydrogen-bond acceptors (Lipinski definition) is 8. The molecule has 0 saturated heterocycles. The van der Waals surface area contributed by atoms with Gasteiger partial charge in [0, 0.05) is 22.7 Å². The quantitative estimate of drug-likeness (QED) is 0.345. The van der Waals surface area contributed by atoms with Gasteiger partial charge in [0.1, 0.15) is 4.91 Å². The highest BCUT2D eigenvalue weighted by Gasteiger charge is 2.38. The number of nitrogens with zero attached hydrogens (tertiary/aromatic N) is 1. The largest absolute Gasteiger partial charge is 0.399 e. The number of thioether (sulfide) groups is 1. The number of allylic oxidation sites excluding steroid dienone is 5. The van der Waals surface area contributed by atoms with E-state index in [9.17, 15) is 21.6 Å². The highest BCUT2D eigenvalue weighted by Crippen LogP contribution is 2.46. The fourth-order valence-electron chi connectivity index (χ4n) is 3.59. The second-order valence-electron chi connectivity index (χ2n) is 7.37. The van der Waals surface area contributed by atoms with Gasteiger partial charge in [0.15, 0.2) is 0 Å². The van der Waals surface area contributed by atoms with Crippen LogP contribution in [0.25, 0.3) is 0 Å². The third kappa shape index (κ3) is 4.76. The van der Waals surface area contributed by atoms with Crippen molar-refractivity contribution in [2.24, 2.45) is 0 Å². The van der Waals surface area contributed by atoms with Gasteiger partial charge < -0.3 is 10.6 Å². The van der Waals surface area contributed by atoms with Gasteiger partial charge in [-0.25, -0.2) is 8.42 Å². The van der Waals surface area contributed by atoms with Crippen molar-refractivity contribution in [1.82, 2.24) is 0 Å². The van der Waals surface area contributed by atoms with E-state index < -0.39 is 25.7 Å². The smallest absolute Gasteiger partial charge is 0.264 e. The molecule has 0 atom stereocenters. The van der Waals surface area contributed by atoms with Gasteiger partial charge in [0.05, 0.1) is 21.4 Å². The molecule has 172 valence electrons. The Bertz CT molecular complexity index is 1440. The summed E-state index contributed by atoms with van der Waals surface area (Å²) in [4.78, 5) is 15.0. The molecule has 33 heavy (non-hydrogen) atoms. The van der Waals surface area contributed by atoms with Gasteiger partial charge in [-0.05, 0) is 48.9 Å². The molecule has 0 aromatic heterocycles. The monoisotopic (exact) mass is 504 g/mol. The zero-order valence-corrected chi connectivity index (χ0v) is 19.7. The minimum Gasteiger partial charge on any atom is -0.399 e. The van der Waals surface area contributed by atoms with Crippen LogP contribution in [-0.4, -0.2) is 39.5 Å². The third-order valence-corrected chi connectivity index (χ3v) is 8.82. The lowest BCUT2D eigenvalue weighted by Gasteiger charge is -2.20. The van der Waals surface area contributed by atoms with Crippen molar-refractivity contribution in [1.29, 1.82) is 0 Å². The number of benzene rings is 2. The molecular formula is C22H20N2O6S3. The Hall–Kier alpha value is -2.86. The van der Waals surface area contributed by atoms with E-state index in [0.717, 1.165) is 15.6 Å². The molecule has 2 aromatic rings. The molecule has 11 heteroatoms. The van der Waals surface area contributed by atoms with E-state index in [-0.39, 0.29) is 27.5 Å². The molecule has 0 spiro atoms. The van der Waals surface area contributed by atoms with Crippen LogP contribution >= 0.6 is 11.8 Å². The summed E-state index contributed by atoms with van der Waals surface area (Å²) in [5.74, 6) is -0.901. The van der Waals surface area contributed by atoms with Crippen LogP contribution in [0.3, 0.4) is 0 Å². The zero-order chi connectivity index (χ0) is 23.8. The van der Waals surface area contributed by atoms with Gasteiger partial charge in [-0.2, -0.15) is 8.42 Å². The van der Waals surface area contributed by atoms with Crippen LogP contribution in [0.15, 0.2) is 86.5 Å². The first-order valence-corrected chi connectivity index (χ1v) is 13.8. The van der Waals surface area contributed by atoms with Crippen LogP contribution < -0.4 is 10.6 Å². The molecule has 0 amide bonds. The van der Waals surface area contributed by atoms with E-state index in [1.54, 1.807) is 30.4 Å². The molecule has 2 aromatic carbocycles. The summed E-state index contributed by atoms with van der Waals surface area (Å²) in [6.45, 7) is 0.340. The highest BCUT2D eigenvalue weighted by atomic mass is 32.2. The Labute approximate surface area is 196 Å². The van der Waals surface area contributed by atoms with E-state index >= 15 is 0 Å². The number of rotatable bonds is 6. The van der Waals surface area contributed by atoms with Crippen molar-refractivity contribution in [3.8, 4) is 0 Å². The molecule has 0 saturated carbocycles. The second-order valence-corrected chi connectivity index (χ2v) is 11.9. The summed E-state index contributed by atoms with van der Waals surface area (Å²) in [6.07, 6.45) is 6.33. The number of ketones is 1. The minimum absolute atomic E-state index is 0.0115. The molecule has 0 radical (unpaired) electrons. The lowest BCUT2D eigenvalue weighted by molar-refractivity contribution is 0.104. The molecule has 0 bridgehead atoms. The number of Topliss-reactive ketones (excluding diaryl/α,β-unsaturated/α-hetero) is 1. The number of fused-ring (bicyclic) bond motifs is 2. The van der Waals surface area contributed by atoms with Crippen LogP contribution in [0.2, 0.25) is 0 Å². The summed E-state index contributed by atoms with van der Waals surface area (Å²) in [6, 6.07) is 11.5. The minimum atomic E-state index is -4.07. The first-order valence-electron chi connectivity index (χ1n) is 9.85. The molecule has 2 heterocycles. The summed E-state index contributed by atoms with van der Waals surface area (Å²) >= 11 is 1.43. The topological polar surface area (TPSA) is 135 Å². The van der Waals surface area contributed by atoms with Crippen molar-refractivity contribution >= 4 is 48.9 Å². The van der Waals surface area contributed by atoms with Gasteiger partial charge in [0.2, 0.25) is 15.6 Å². The van der Waals surface area contributed by atoms with E-state index in [0.29, 0.717) is 12.2 Å². The molecular weight excluding hydrogens is 484 g/mol. The summed E-state index contributed by atoms with van der Waals surface area (Å²) < 4.78 is 56.5. The van der Waals surface area contributed by atoms with Crippen molar-refractivity contribution < 1.29 is 26.2 Å². The van der Waals surface area contributed by atoms with Crippen molar-refractivity contribution in [3.63, 3.8) is 0 Å². The Balaban J connectivity index is 1.58. The van der Waals surface area contributed by atoms with Crippen LogP contribution in [0.5, 0.6) is 0 Å². The molecule has 3 N–H and O–H groups in total. The fraction of sp³-hybridized carbons (Fsp3) is 0.136. The van der Waals surface area contributed by atoms with E-state index in [1.165, 1.54) is 36.0 Å². The van der Waals surface area contributed by atoms with Crippen LogP contribution in [0, 0.1) is 0 Å². The molecule has 0 unspecified atom stereocenters. The van der Waals surface area contributed by atoms with E-state index in [1.807, 2.05) is 17.0 Å². The van der Waals surface area contributed by atoms with Crippen LogP contribution in [0.1, 0.15) is 16.8 Å². The molecule has 2 aliphatic heterocycles. The van der Waals surface area contributed by atoms with Crippen molar-refractivity contribution in [3.05, 3.63) is 82.3 Å². The fourth-order valence-corrected chi connectivity index (χ4v) is 6.79. The van der Waals surface area contributed by atoms with Gasteiger partial charge in [-0.3, -0.25) is 9.35 Å². The predicted molar refractivity (Wildman–Crippen MR) is 128 cm³/mol. The standard InChI is InChI=1S/C22H20N2O6S3/c23-15-10-11-17-18(14-15)31-21(24(17)12-5-13-32(26,27)28)9-4-3-8-20-22(25)16-6-1-2-7-19(16)33(20,29)30/h1-4,6-11,14H,5,12-13,23H2,(H,26,27,28). The third-order valence-electron chi connectivity index (χ3n) is 5.07. The summed E-state index contributed by atoms with van der Waals surface area (Å²) in [5.41, 5.74) is 7.48. The Morgan fingerprint density at radius 2 is 1.82 bits per heavy atom. The average molecular weight is 505 g/mol. The number of hydrogen-bond donors (Lipinski definition) is 2. The molecule has 0 aliphatic carbocycles. The number of anilines is 2. The number of nitrogen functional groups attached to an aromatic ring is 1. The number of nitrogens with two attached hydrogens (primary N) is 1. The lowest BCUT2D eigenvalue weighted by Crippen LogP contribution is -2.21. The molecule has 4 rings (SSSR count). The highest BCUT2D eigenvalue weighted by molar-refractivity contribution is 8.03. The Morgan fingerprint density at radius 1 is 1.09 bits per heavy atom. The van der Waals surface area contributed by atoms with Crippen LogP contribution in [-0.2, 0) is 20.0 Å². The predicted octanol–water partition coefficient (Wildman–Crippen LogP) is 3.41. The average Bonchev–Trinajstić information content (AvgIpc) is 3.17. The second kappa shape index (κ2) is 8.82. The van der Waals surface area contributed by atoms with Gasteiger partial charge >= 0.3 is 0 Å². The van der Waals surface area contributed by atoms with E-state index in [2.05, 4.69) is 0 Å². The number of carbonyl (C=O) groups excluding carboxylic acids is 1. The van der Waals surface area contributed by atoms with Gasteiger partial charge in [-0.1, -0.05) is 36.0 Å². The first-order chi connectivity index (χ1) is 15.6. The first kappa shape index (κ1) is 23.3. The zero-order valence-electron chi connectivity index (χ0n) is 17.2. The molecule has 8 nitrogen and oxygen atoms in total. The number of carbonyl (C=O) groups is 1. The number of sulfone groups is 1. The SMILES string of the molecule is Nc1ccc2c(c1)SC(=CC=CC=C1C(=O)c3ccccc3S1(=O)=O)N2CCCS(=O)(=O)O. The summed E-state index contributed by atoms with van der Waals surface area (Å²) in [7, 11) is -7.92. The Morgan fingerprint density at radius 3 is 2.55 bits per heavy atom. The van der Waals surface area contributed by atoms with Gasteiger partial charge in [-0.15, -0.1) is 0 Å². The maximum atomic E-state index is 12.6. The Kier molecular flexibility index (Phi) is 6.23. The van der Waals surface area contributed by atoms with Crippen molar-refractivity contribution in [2.75, 3.05) is 22.9 Å². The van der Waals surface area contributed by atoms with E-state index in [4.69, 9.17) is 10.3 Å². The maximum absolute atomic E-state index is 12.6. The van der Waals surface area contributed by atoms with Crippen LogP contribution in [0.4, 0.5) is 11.4 Å². The van der Waals surface area contributed by atoms with Crippen molar-refractivity contribution in [2.45, 2.75) is 16.2 Å². The lowest BCUT2D eigenvalue weighted by atomic mass is 10.1. The normalized spacial score (nSPS) is 19.5. The summed E-state index contributed by atoms with van der Waals surface area (Å²) in [5, 5.41) is 0.768. The molecule has 2 aliphatic rings. The molecule has 0 fully saturated rings. The maximum Gasteiger partial charge on any atom is 0.264 e.